The maximum atomic E-state index is 14.5. The van der Waals surface area contributed by atoms with Gasteiger partial charge in [-0.05, 0) is 95.2 Å². The summed E-state index contributed by atoms with van der Waals surface area (Å²) in [4.78, 5) is 60.7. The van der Waals surface area contributed by atoms with Crippen LogP contribution in [0.1, 0.15) is 70.2 Å². The minimum absolute atomic E-state index is 0.141. The van der Waals surface area contributed by atoms with Crippen molar-refractivity contribution < 1.29 is 43.2 Å². The van der Waals surface area contributed by atoms with Crippen molar-refractivity contribution in [1.82, 2.24) is 36.3 Å². The molecule has 0 radical (unpaired) electrons. The van der Waals surface area contributed by atoms with Gasteiger partial charge < -0.3 is 44.9 Å². The average Bonchev–Trinajstić information content (AvgIpc) is 3.36. The van der Waals surface area contributed by atoms with Crippen molar-refractivity contribution in [3.05, 3.63) is 144 Å². The highest BCUT2D eigenvalue weighted by molar-refractivity contribution is 5.88. The molecule has 0 aliphatic heterocycles. The lowest BCUT2D eigenvalue weighted by molar-refractivity contribution is -0.132. The van der Waals surface area contributed by atoms with Crippen molar-refractivity contribution in [2.24, 2.45) is 10.8 Å². The van der Waals surface area contributed by atoms with E-state index in [-0.39, 0.29) is 32.7 Å². The van der Waals surface area contributed by atoms with Crippen LogP contribution in [0.2, 0.25) is 0 Å². The van der Waals surface area contributed by atoms with Gasteiger partial charge in [-0.25, -0.2) is 14.6 Å². The van der Waals surface area contributed by atoms with Gasteiger partial charge in [0.15, 0.2) is 11.5 Å². The lowest BCUT2D eigenvalue weighted by Crippen LogP contribution is -2.61. The Morgan fingerprint density at radius 3 is 1.93 bits per heavy atom. The maximum Gasteiger partial charge on any atom is 0.407 e. The molecule has 0 saturated heterocycles. The Morgan fingerprint density at radius 1 is 0.671 bits per heavy atom. The zero-order valence-corrected chi connectivity index (χ0v) is 44.1. The van der Waals surface area contributed by atoms with E-state index in [0.717, 1.165) is 52.8 Å². The third-order valence-electron chi connectivity index (χ3n) is 12.3. The van der Waals surface area contributed by atoms with E-state index in [1.54, 1.807) is 32.5 Å². The number of nitrogens with one attached hydrogen (secondary N) is 4. The van der Waals surface area contributed by atoms with E-state index in [4.69, 9.17) is 18.9 Å². The van der Waals surface area contributed by atoms with Crippen LogP contribution in [0, 0.1) is 10.8 Å². The molecule has 16 heteroatoms. The number of carbonyl (C=O) groups is 4. The van der Waals surface area contributed by atoms with Gasteiger partial charge in [-0.3, -0.25) is 20.0 Å². The number of rotatable bonds is 24. The number of aromatic nitrogens is 1. The monoisotopic (exact) mass is 1000 g/mol. The highest BCUT2D eigenvalue weighted by Gasteiger charge is 2.37. The number of hydrazine groups is 1. The van der Waals surface area contributed by atoms with Crippen LogP contribution < -0.4 is 35.6 Å². The van der Waals surface area contributed by atoms with Gasteiger partial charge in [-0.2, -0.15) is 0 Å². The van der Waals surface area contributed by atoms with Crippen molar-refractivity contribution >= 4 is 23.9 Å². The quantitative estimate of drug-likeness (QED) is 0.0380. The molecule has 5 N–H and O–H groups in total. The number of aliphatic hydroxyl groups excluding tert-OH is 1. The van der Waals surface area contributed by atoms with Crippen molar-refractivity contribution in [2.45, 2.75) is 98.0 Å². The van der Waals surface area contributed by atoms with E-state index in [0.29, 0.717) is 17.2 Å². The summed E-state index contributed by atoms with van der Waals surface area (Å²) in [6.45, 7) is 11.5. The number of alkyl carbamates (subject to hydrolysis) is 1. The van der Waals surface area contributed by atoms with E-state index in [9.17, 15) is 24.3 Å². The van der Waals surface area contributed by atoms with Gasteiger partial charge in [-0.1, -0.05) is 120 Å². The van der Waals surface area contributed by atoms with E-state index in [2.05, 4.69) is 32.4 Å². The van der Waals surface area contributed by atoms with E-state index in [1.807, 2.05) is 151 Å². The lowest BCUT2D eigenvalue weighted by Gasteiger charge is -2.36. The van der Waals surface area contributed by atoms with E-state index < -0.39 is 59.0 Å². The van der Waals surface area contributed by atoms with Gasteiger partial charge in [0.05, 0.1) is 45.7 Å². The Labute approximate surface area is 431 Å². The molecule has 392 valence electrons. The van der Waals surface area contributed by atoms with Crippen molar-refractivity contribution in [3.63, 3.8) is 0 Å². The molecule has 1 heterocycles. The smallest absolute Gasteiger partial charge is 0.407 e. The summed E-state index contributed by atoms with van der Waals surface area (Å²) in [5.41, 5.74) is 7.10. The number of pyridine rings is 1. The van der Waals surface area contributed by atoms with Gasteiger partial charge in [0.1, 0.15) is 24.4 Å². The fraction of sp³-hybridized carbons (Fsp3) is 0.421. The number of benzene rings is 4. The molecule has 4 aromatic carbocycles. The average molecular weight is 1000 g/mol. The lowest BCUT2D eigenvalue weighted by atomic mass is 9.85. The number of methoxy groups -OCH3 is 3. The zero-order valence-electron chi connectivity index (χ0n) is 44.1. The van der Waals surface area contributed by atoms with Gasteiger partial charge in [0.25, 0.3) is 5.91 Å². The molecule has 0 fully saturated rings. The molecule has 0 unspecified atom stereocenters. The first-order valence-corrected chi connectivity index (χ1v) is 24.6. The Hall–Kier alpha value is -7.17. The Balaban J connectivity index is 1.27. The largest absolute Gasteiger partial charge is 0.493 e. The fourth-order valence-corrected chi connectivity index (χ4v) is 8.16. The first kappa shape index (κ1) is 56.7. The zero-order chi connectivity index (χ0) is 53.1. The third kappa shape index (κ3) is 17.8. The fourth-order valence-electron chi connectivity index (χ4n) is 8.16. The van der Waals surface area contributed by atoms with Crippen LogP contribution in [0.5, 0.6) is 17.2 Å². The number of carbonyl (C=O) groups excluding carboxylic acids is 4. The number of likely N-dealkylation sites (N-methyl/N-ethyl adjacent to an activating group) is 1. The molecule has 0 bridgehead atoms. The minimum atomic E-state index is -1.26. The number of aliphatic hydroxyl groups is 1. The number of aryl methyl sites for hydroxylation is 2. The van der Waals surface area contributed by atoms with Gasteiger partial charge in [-0.15, -0.1) is 0 Å². The summed E-state index contributed by atoms with van der Waals surface area (Å²) in [7, 11) is 6.12. The van der Waals surface area contributed by atoms with Crippen LogP contribution >= 0.6 is 0 Å². The van der Waals surface area contributed by atoms with Gasteiger partial charge in [0.2, 0.25) is 5.91 Å². The topological polar surface area (TPSA) is 193 Å². The highest BCUT2D eigenvalue weighted by Crippen LogP contribution is 2.29. The second-order valence-corrected chi connectivity index (χ2v) is 20.3. The summed E-state index contributed by atoms with van der Waals surface area (Å²) in [5, 5.41) is 22.4. The number of urea groups is 1. The normalized spacial score (nSPS) is 13.2. The first-order chi connectivity index (χ1) is 34.8. The minimum Gasteiger partial charge on any atom is -0.493 e. The van der Waals surface area contributed by atoms with Crippen molar-refractivity contribution in [2.75, 3.05) is 48.1 Å². The summed E-state index contributed by atoms with van der Waals surface area (Å²) >= 11 is 0. The Kier molecular flexibility index (Phi) is 21.0. The summed E-state index contributed by atoms with van der Waals surface area (Å²) < 4.78 is 21.8. The third-order valence-corrected chi connectivity index (χ3v) is 12.3. The second kappa shape index (κ2) is 27.0. The van der Waals surface area contributed by atoms with Crippen LogP contribution in [-0.4, -0.2) is 116 Å². The van der Waals surface area contributed by atoms with Crippen LogP contribution in [-0.2, 0) is 40.1 Å². The molecule has 16 nitrogen and oxygen atoms in total. The van der Waals surface area contributed by atoms with Crippen LogP contribution in [0.4, 0.5) is 9.59 Å². The Bertz CT molecular complexity index is 2530. The first-order valence-electron chi connectivity index (χ1n) is 24.6. The van der Waals surface area contributed by atoms with Gasteiger partial charge in [0, 0.05) is 31.9 Å². The molecule has 0 spiro atoms. The summed E-state index contributed by atoms with van der Waals surface area (Å²) in [6.07, 6.45) is 2.56. The number of hydrogen-bond donors (Lipinski definition) is 5. The number of amides is 5. The maximum absolute atomic E-state index is 14.5. The predicted octanol–water partition coefficient (Wildman–Crippen LogP) is 7.77. The van der Waals surface area contributed by atoms with E-state index in [1.165, 1.54) is 12.0 Å². The van der Waals surface area contributed by atoms with Crippen molar-refractivity contribution in [1.29, 1.82) is 0 Å². The van der Waals surface area contributed by atoms with Crippen LogP contribution in [0.3, 0.4) is 0 Å². The molecule has 4 atom stereocenters. The molecule has 5 rings (SSSR count). The molecule has 1 aromatic heterocycles. The Morgan fingerprint density at radius 2 is 1.30 bits per heavy atom. The molecule has 5 aromatic rings. The van der Waals surface area contributed by atoms with Crippen LogP contribution in [0.25, 0.3) is 11.3 Å². The molecule has 0 aliphatic carbocycles. The molecule has 5 amide bonds. The van der Waals surface area contributed by atoms with Crippen LogP contribution in [0.15, 0.2) is 121 Å². The molecule has 0 saturated carbocycles. The standard InChI is InChI=1S/C57H75N7O9/c1-56(2,3)50(60-54(68)63(7)32-33-73-44-23-17-22-39(34-44)20-16-21-41-27-30-48(70-8)49(36-41)71-9)52(66)59-46(35-40-18-12-11-13-19-40)47(65)38-64(62-53(67)51(57(4,5)6)61-55(69)72-10)37-42-25-28-43(29-26-42)45-24-14-15-31-58-45/h11-15,17-19,22-31,34,36,46-47,50-51,65H,16,20-21,32-33,35,37-38H2,1-10H3,(H,59,66)(H,60,68)(H,61,69)(H,62,67)/t46-,47-,50+,51+/m0/s1. The molecule has 0 aliphatic rings. The number of nitrogens with zero attached hydrogens (tertiary/aromatic N) is 3. The number of ether oxygens (including phenoxy) is 4. The summed E-state index contributed by atoms with van der Waals surface area (Å²) in [6, 6.07) is 33.3. The second-order valence-electron chi connectivity index (χ2n) is 20.3. The molecule has 73 heavy (non-hydrogen) atoms. The van der Waals surface area contributed by atoms with Crippen molar-refractivity contribution in [3.8, 4) is 28.5 Å². The predicted molar refractivity (Wildman–Crippen MR) is 283 cm³/mol. The van der Waals surface area contributed by atoms with Gasteiger partial charge >= 0.3 is 12.1 Å². The van der Waals surface area contributed by atoms with E-state index >= 15 is 0 Å². The SMILES string of the molecule is COC(=O)N[C@H](C(=O)NN(Cc1ccc(-c2ccccn2)cc1)C[C@H](O)[C@H](Cc1ccccc1)NC(=O)[C@@H](NC(=O)N(C)CCOc1cccc(CCCc2ccc(OC)c(OC)c2)c1)C(C)(C)C)C(C)(C)C. The molecular formula is C57H75N7O9. The molecular weight excluding hydrogens is 927 g/mol. The highest BCUT2D eigenvalue weighted by atomic mass is 16.5. The number of hydrogen-bond acceptors (Lipinski definition) is 11. The summed E-state index contributed by atoms with van der Waals surface area (Å²) in [5.74, 6) is 1.07.